The van der Waals surface area contributed by atoms with Crippen molar-refractivity contribution in [3.63, 3.8) is 0 Å². The van der Waals surface area contributed by atoms with Gasteiger partial charge in [-0.25, -0.2) is 14.8 Å². The van der Waals surface area contributed by atoms with Crippen molar-refractivity contribution in [3.05, 3.63) is 70.5 Å². The van der Waals surface area contributed by atoms with E-state index in [2.05, 4.69) is 9.97 Å². The minimum Gasteiger partial charge on any atom is -0.461 e. The third-order valence-corrected chi connectivity index (χ3v) is 3.97. The largest absolute Gasteiger partial charge is 0.461 e. The molecule has 0 radical (unpaired) electrons. The Morgan fingerprint density at radius 2 is 1.80 bits per heavy atom. The van der Waals surface area contributed by atoms with Crippen LogP contribution < -0.4 is 0 Å². The lowest BCUT2D eigenvalue weighted by Gasteiger charge is -2.10. The summed E-state index contributed by atoms with van der Waals surface area (Å²) in [6, 6.07) is 14.3. The molecule has 1 aromatic heterocycles. The van der Waals surface area contributed by atoms with Crippen molar-refractivity contribution in [2.75, 3.05) is 6.61 Å². The second-order valence-electron chi connectivity index (χ2n) is 5.19. The predicted octanol–water partition coefficient (Wildman–Crippen LogP) is 5.29. The highest BCUT2D eigenvalue weighted by molar-refractivity contribution is 6.31. The van der Waals surface area contributed by atoms with Gasteiger partial charge in [-0.15, -0.1) is 0 Å². The van der Waals surface area contributed by atoms with Crippen LogP contribution in [0.3, 0.4) is 0 Å². The summed E-state index contributed by atoms with van der Waals surface area (Å²) in [5, 5.41) is 1.20. The summed E-state index contributed by atoms with van der Waals surface area (Å²) < 4.78 is 5.09. The van der Waals surface area contributed by atoms with Gasteiger partial charge in [-0.1, -0.05) is 47.5 Å². The molecule has 0 aliphatic rings. The van der Waals surface area contributed by atoms with E-state index in [1.54, 1.807) is 43.3 Å². The zero-order chi connectivity index (χ0) is 17.8. The number of carbonyl (C=O) groups excluding carboxylic acids is 1. The SMILES string of the molecule is CCOC(=O)c1ncc(-c2cccc(Cl)c2)nc1-c1ccc(Cl)cc1. The molecule has 6 heteroatoms. The standard InChI is InChI=1S/C19H14Cl2N2O2/c1-2-25-19(24)18-17(12-6-8-14(20)9-7-12)23-16(11-22-18)13-4-3-5-15(21)10-13/h3-11H,2H2,1H3. The molecule has 0 aliphatic heterocycles. The summed E-state index contributed by atoms with van der Waals surface area (Å²) in [4.78, 5) is 21.1. The number of carbonyl (C=O) groups is 1. The van der Waals surface area contributed by atoms with E-state index in [0.717, 1.165) is 11.1 Å². The van der Waals surface area contributed by atoms with E-state index in [1.165, 1.54) is 6.20 Å². The van der Waals surface area contributed by atoms with Crippen LogP contribution >= 0.6 is 23.2 Å². The molecule has 2 aromatic carbocycles. The van der Waals surface area contributed by atoms with Crippen LogP contribution in [-0.2, 0) is 4.74 Å². The lowest BCUT2D eigenvalue weighted by atomic mass is 10.1. The molecule has 0 unspecified atom stereocenters. The van der Waals surface area contributed by atoms with E-state index in [0.29, 0.717) is 21.4 Å². The van der Waals surface area contributed by atoms with E-state index in [-0.39, 0.29) is 12.3 Å². The zero-order valence-corrected chi connectivity index (χ0v) is 14.9. The molecular formula is C19H14Cl2N2O2. The van der Waals surface area contributed by atoms with Crippen molar-refractivity contribution >= 4 is 29.2 Å². The number of nitrogens with zero attached hydrogens (tertiary/aromatic N) is 2. The molecule has 1 heterocycles. The minimum absolute atomic E-state index is 0.162. The summed E-state index contributed by atoms with van der Waals surface area (Å²) in [5.74, 6) is -0.516. The molecule has 0 saturated heterocycles. The summed E-state index contributed by atoms with van der Waals surface area (Å²) in [7, 11) is 0. The lowest BCUT2D eigenvalue weighted by Crippen LogP contribution is -2.10. The number of esters is 1. The molecule has 0 atom stereocenters. The Labute approximate surface area is 155 Å². The Morgan fingerprint density at radius 1 is 1.04 bits per heavy atom. The van der Waals surface area contributed by atoms with Gasteiger partial charge >= 0.3 is 5.97 Å². The number of hydrogen-bond donors (Lipinski definition) is 0. The number of hydrogen-bond acceptors (Lipinski definition) is 4. The molecule has 0 N–H and O–H groups in total. The van der Waals surface area contributed by atoms with E-state index in [9.17, 15) is 4.79 Å². The Hall–Kier alpha value is -2.43. The third-order valence-electron chi connectivity index (χ3n) is 3.48. The highest BCUT2D eigenvalue weighted by atomic mass is 35.5. The van der Waals surface area contributed by atoms with Gasteiger partial charge in [0.2, 0.25) is 0 Å². The first kappa shape index (κ1) is 17.4. The second-order valence-corrected chi connectivity index (χ2v) is 6.06. The molecule has 3 aromatic rings. The fourth-order valence-corrected chi connectivity index (χ4v) is 2.65. The van der Waals surface area contributed by atoms with Gasteiger partial charge in [0.25, 0.3) is 0 Å². The molecule has 0 spiro atoms. The van der Waals surface area contributed by atoms with Gasteiger partial charge in [-0.05, 0) is 31.2 Å². The van der Waals surface area contributed by atoms with Crippen molar-refractivity contribution in [2.24, 2.45) is 0 Å². The first-order valence-electron chi connectivity index (χ1n) is 7.64. The molecule has 0 saturated carbocycles. The maximum atomic E-state index is 12.2. The number of aromatic nitrogens is 2. The minimum atomic E-state index is -0.516. The van der Waals surface area contributed by atoms with E-state index in [4.69, 9.17) is 27.9 Å². The molecule has 0 fully saturated rings. The van der Waals surface area contributed by atoms with Crippen molar-refractivity contribution in [3.8, 4) is 22.5 Å². The van der Waals surface area contributed by atoms with Gasteiger partial charge in [0.15, 0.2) is 5.69 Å². The number of ether oxygens (including phenoxy) is 1. The topological polar surface area (TPSA) is 52.1 Å². The monoisotopic (exact) mass is 372 g/mol. The van der Waals surface area contributed by atoms with Gasteiger partial charge in [0.05, 0.1) is 18.5 Å². The van der Waals surface area contributed by atoms with Crippen LogP contribution in [-0.4, -0.2) is 22.5 Å². The fraction of sp³-hybridized carbons (Fsp3) is 0.105. The zero-order valence-electron chi connectivity index (χ0n) is 13.4. The fourth-order valence-electron chi connectivity index (χ4n) is 2.33. The van der Waals surface area contributed by atoms with E-state index < -0.39 is 5.97 Å². The molecule has 3 rings (SSSR count). The molecular weight excluding hydrogens is 359 g/mol. The van der Waals surface area contributed by atoms with Gasteiger partial charge in [-0.2, -0.15) is 0 Å². The molecule has 4 nitrogen and oxygen atoms in total. The predicted molar refractivity (Wildman–Crippen MR) is 98.9 cm³/mol. The molecule has 0 amide bonds. The van der Waals surface area contributed by atoms with Crippen molar-refractivity contribution in [2.45, 2.75) is 6.92 Å². The first-order valence-corrected chi connectivity index (χ1v) is 8.40. The Balaban J connectivity index is 2.14. The Kier molecular flexibility index (Phi) is 5.31. The maximum Gasteiger partial charge on any atom is 0.359 e. The smallest absolute Gasteiger partial charge is 0.359 e. The molecule has 25 heavy (non-hydrogen) atoms. The quantitative estimate of drug-likeness (QED) is 0.583. The van der Waals surface area contributed by atoms with Crippen LogP contribution in [0.2, 0.25) is 10.0 Å². The van der Waals surface area contributed by atoms with Gasteiger partial charge in [0, 0.05) is 21.2 Å². The number of benzene rings is 2. The first-order chi connectivity index (χ1) is 12.1. The Bertz CT molecular complexity index is 912. The summed E-state index contributed by atoms with van der Waals surface area (Å²) in [6.07, 6.45) is 1.54. The number of halogens is 2. The summed E-state index contributed by atoms with van der Waals surface area (Å²) in [6.45, 7) is 2.00. The van der Waals surface area contributed by atoms with Crippen LogP contribution in [0.5, 0.6) is 0 Å². The lowest BCUT2D eigenvalue weighted by molar-refractivity contribution is 0.0520. The van der Waals surface area contributed by atoms with Crippen LogP contribution in [0.4, 0.5) is 0 Å². The van der Waals surface area contributed by atoms with Crippen LogP contribution in [0, 0.1) is 0 Å². The van der Waals surface area contributed by atoms with E-state index in [1.807, 2.05) is 12.1 Å². The normalized spacial score (nSPS) is 10.5. The van der Waals surface area contributed by atoms with Gasteiger partial charge in [0.1, 0.15) is 5.69 Å². The molecule has 126 valence electrons. The van der Waals surface area contributed by atoms with Crippen LogP contribution in [0.15, 0.2) is 54.7 Å². The van der Waals surface area contributed by atoms with Crippen molar-refractivity contribution in [1.29, 1.82) is 0 Å². The van der Waals surface area contributed by atoms with Gasteiger partial charge < -0.3 is 4.74 Å². The summed E-state index contributed by atoms with van der Waals surface area (Å²) >= 11 is 12.0. The van der Waals surface area contributed by atoms with Crippen molar-refractivity contribution in [1.82, 2.24) is 9.97 Å². The third kappa shape index (κ3) is 3.98. The Morgan fingerprint density at radius 3 is 2.48 bits per heavy atom. The van der Waals surface area contributed by atoms with Crippen molar-refractivity contribution < 1.29 is 9.53 Å². The van der Waals surface area contributed by atoms with E-state index >= 15 is 0 Å². The van der Waals surface area contributed by atoms with Gasteiger partial charge in [-0.3, -0.25) is 0 Å². The highest BCUT2D eigenvalue weighted by Gasteiger charge is 2.19. The van der Waals surface area contributed by atoms with Crippen LogP contribution in [0.25, 0.3) is 22.5 Å². The average Bonchev–Trinajstić information content (AvgIpc) is 2.62. The summed E-state index contributed by atoms with van der Waals surface area (Å²) in [5.41, 5.74) is 2.75. The maximum absolute atomic E-state index is 12.2. The molecule has 0 bridgehead atoms. The highest BCUT2D eigenvalue weighted by Crippen LogP contribution is 2.27. The second kappa shape index (κ2) is 7.64. The number of rotatable bonds is 4. The molecule has 0 aliphatic carbocycles. The van der Waals surface area contributed by atoms with Crippen LogP contribution in [0.1, 0.15) is 17.4 Å². The average molecular weight is 373 g/mol.